The van der Waals surface area contributed by atoms with Crippen molar-refractivity contribution in [2.24, 2.45) is 5.73 Å². The van der Waals surface area contributed by atoms with Crippen LogP contribution in [0, 0.1) is 0 Å². The molecule has 0 aliphatic heterocycles. The lowest BCUT2D eigenvalue weighted by Crippen LogP contribution is -2.03. The highest BCUT2D eigenvalue weighted by molar-refractivity contribution is 7.50. The Labute approximate surface area is 114 Å². The summed E-state index contributed by atoms with van der Waals surface area (Å²) in [5, 5.41) is 1.81. The van der Waals surface area contributed by atoms with Gasteiger partial charge in [0.15, 0.2) is 6.29 Å². The highest BCUT2D eigenvalue weighted by Crippen LogP contribution is 2.21. The summed E-state index contributed by atoms with van der Waals surface area (Å²) in [6.07, 6.45) is 2.59. The van der Waals surface area contributed by atoms with Gasteiger partial charge in [0.25, 0.3) is 0 Å². The smallest absolute Gasteiger partial charge is 0.150 e. The second kappa shape index (κ2) is 7.15. The van der Waals surface area contributed by atoms with Crippen LogP contribution < -0.4 is 11.0 Å². The molecule has 4 heteroatoms. The van der Waals surface area contributed by atoms with Crippen molar-refractivity contribution in [3.63, 3.8) is 0 Å². The number of rotatable bonds is 5. The normalized spacial score (nSPS) is 13.0. The molecule has 0 heterocycles. The van der Waals surface area contributed by atoms with Crippen LogP contribution in [0.15, 0.2) is 59.6 Å². The molecule has 1 atom stereocenters. The minimum absolute atomic E-state index is 0.387. The number of carbonyl (C=O) groups is 1. The van der Waals surface area contributed by atoms with Gasteiger partial charge in [-0.3, -0.25) is 4.79 Å². The summed E-state index contributed by atoms with van der Waals surface area (Å²) >= 11 is 5.81. The molecule has 0 saturated carbocycles. The summed E-state index contributed by atoms with van der Waals surface area (Å²) in [4.78, 5) is 11.1. The topological polar surface area (TPSA) is 43.1 Å². The Morgan fingerprint density at radius 2 is 2.00 bits per heavy atom. The lowest BCUT2D eigenvalue weighted by Gasteiger charge is -2.05. The second-order valence-electron chi connectivity index (χ2n) is 3.60. The van der Waals surface area contributed by atoms with E-state index in [-0.39, 0.29) is 0 Å². The van der Waals surface area contributed by atoms with Gasteiger partial charge in [-0.25, -0.2) is 0 Å². The van der Waals surface area contributed by atoms with E-state index in [4.69, 9.17) is 17.3 Å². The van der Waals surface area contributed by atoms with Crippen molar-refractivity contribution in [1.29, 1.82) is 0 Å². The van der Waals surface area contributed by atoms with Gasteiger partial charge in [0.2, 0.25) is 0 Å². The van der Waals surface area contributed by atoms with E-state index in [0.29, 0.717) is 30.4 Å². The van der Waals surface area contributed by atoms with Gasteiger partial charge in [0.1, 0.15) is 0 Å². The second-order valence-corrected chi connectivity index (χ2v) is 5.19. The fourth-order valence-electron chi connectivity index (χ4n) is 1.42. The third-order valence-corrected chi connectivity index (χ3v) is 3.69. The van der Waals surface area contributed by atoms with Gasteiger partial charge in [0.05, 0.1) is 0 Å². The van der Waals surface area contributed by atoms with Crippen molar-refractivity contribution in [3.05, 3.63) is 64.6 Å². The SMILES string of the molecule is C=C(N)C(=C\C)/C(C=O)=C\Pc1ccc(Cl)cc1. The summed E-state index contributed by atoms with van der Waals surface area (Å²) in [5.41, 5.74) is 7.29. The predicted octanol–water partition coefficient (Wildman–Crippen LogP) is 3.15. The fourth-order valence-corrected chi connectivity index (χ4v) is 2.45. The number of halogens is 1. The molecule has 0 bridgehead atoms. The fraction of sp³-hybridized carbons (Fsp3) is 0.0714. The summed E-state index contributed by atoms with van der Waals surface area (Å²) in [6.45, 7) is 5.49. The van der Waals surface area contributed by atoms with Gasteiger partial charge in [-0.2, -0.15) is 0 Å². The Hall–Kier alpha value is -1.37. The molecule has 1 aromatic rings. The summed E-state index contributed by atoms with van der Waals surface area (Å²) < 4.78 is 0. The maximum Gasteiger partial charge on any atom is 0.150 e. The number of hydrogen-bond acceptors (Lipinski definition) is 2. The number of nitrogens with two attached hydrogens (primary N) is 1. The Morgan fingerprint density at radius 3 is 2.44 bits per heavy atom. The van der Waals surface area contributed by atoms with E-state index >= 15 is 0 Å². The predicted molar refractivity (Wildman–Crippen MR) is 80.6 cm³/mol. The molecule has 18 heavy (non-hydrogen) atoms. The Kier molecular flexibility index (Phi) is 5.84. The number of allylic oxidation sites excluding steroid dienone is 2. The number of benzene rings is 1. The standard InChI is InChI=1S/C14H15ClNOP/c1-3-14(10(2)16)11(8-17)9-18-13-6-4-12(15)5-7-13/h3-9,18H,2,16H2,1H3/b11-9-,14-3+. The van der Waals surface area contributed by atoms with Crippen LogP contribution in [0.4, 0.5) is 0 Å². The van der Waals surface area contributed by atoms with Crippen LogP contribution in [-0.4, -0.2) is 6.29 Å². The van der Waals surface area contributed by atoms with Gasteiger partial charge in [-0.1, -0.05) is 45.0 Å². The molecule has 0 fully saturated rings. The van der Waals surface area contributed by atoms with Crippen LogP contribution in [0.5, 0.6) is 0 Å². The molecule has 0 saturated heterocycles. The van der Waals surface area contributed by atoms with Crippen LogP contribution in [0.1, 0.15) is 6.92 Å². The van der Waals surface area contributed by atoms with Crippen molar-refractivity contribution in [3.8, 4) is 0 Å². The minimum atomic E-state index is 0.387. The monoisotopic (exact) mass is 279 g/mol. The number of aldehydes is 1. The van der Waals surface area contributed by atoms with Crippen LogP contribution in [0.25, 0.3) is 0 Å². The molecule has 0 radical (unpaired) electrons. The molecule has 0 aromatic heterocycles. The molecule has 0 spiro atoms. The van der Waals surface area contributed by atoms with Crippen molar-refractivity contribution in [2.75, 3.05) is 0 Å². The van der Waals surface area contributed by atoms with E-state index in [2.05, 4.69) is 6.58 Å². The zero-order chi connectivity index (χ0) is 13.5. The third-order valence-electron chi connectivity index (χ3n) is 2.31. The molecule has 1 unspecified atom stereocenters. The molecule has 94 valence electrons. The van der Waals surface area contributed by atoms with Crippen LogP contribution >= 0.6 is 20.2 Å². The Balaban J connectivity index is 2.89. The maximum absolute atomic E-state index is 11.1. The highest BCUT2D eigenvalue weighted by Gasteiger charge is 2.04. The largest absolute Gasteiger partial charge is 0.399 e. The molecule has 0 aliphatic rings. The molecule has 1 rings (SSSR count). The summed E-state index contributed by atoms with van der Waals surface area (Å²) in [5.74, 6) is 1.86. The highest BCUT2D eigenvalue weighted by atomic mass is 35.5. The first-order chi connectivity index (χ1) is 8.58. The maximum atomic E-state index is 11.1. The lowest BCUT2D eigenvalue weighted by atomic mass is 10.1. The van der Waals surface area contributed by atoms with Gasteiger partial charge < -0.3 is 5.73 Å². The molecule has 2 N–H and O–H groups in total. The van der Waals surface area contributed by atoms with E-state index in [1.54, 1.807) is 6.08 Å². The van der Waals surface area contributed by atoms with Crippen molar-refractivity contribution in [2.45, 2.75) is 6.92 Å². The van der Waals surface area contributed by atoms with E-state index in [1.807, 2.05) is 37.0 Å². The van der Waals surface area contributed by atoms with Gasteiger partial charge in [0, 0.05) is 21.9 Å². The van der Waals surface area contributed by atoms with E-state index in [0.717, 1.165) is 11.6 Å². The first kappa shape index (κ1) is 14.7. The molecular formula is C14H15ClNOP. The quantitative estimate of drug-likeness (QED) is 0.389. The Bertz CT molecular complexity index is 503. The average Bonchev–Trinajstić information content (AvgIpc) is 2.35. The molecule has 2 nitrogen and oxygen atoms in total. The van der Waals surface area contributed by atoms with Gasteiger partial charge in [-0.15, -0.1) is 0 Å². The van der Waals surface area contributed by atoms with Gasteiger partial charge >= 0.3 is 0 Å². The summed E-state index contributed by atoms with van der Waals surface area (Å²) in [6, 6.07) is 7.53. The zero-order valence-electron chi connectivity index (χ0n) is 10.1. The van der Waals surface area contributed by atoms with Crippen molar-refractivity contribution >= 4 is 31.8 Å². The molecular weight excluding hydrogens is 265 g/mol. The van der Waals surface area contributed by atoms with E-state index < -0.39 is 0 Å². The first-order valence-corrected chi connectivity index (χ1v) is 6.83. The Morgan fingerprint density at radius 1 is 1.39 bits per heavy atom. The number of hydrogen-bond donors (Lipinski definition) is 1. The van der Waals surface area contributed by atoms with Crippen LogP contribution in [-0.2, 0) is 4.79 Å². The van der Waals surface area contributed by atoms with Crippen LogP contribution in [0.3, 0.4) is 0 Å². The first-order valence-electron chi connectivity index (χ1n) is 5.37. The van der Waals surface area contributed by atoms with Crippen molar-refractivity contribution in [1.82, 2.24) is 0 Å². The molecule has 0 aliphatic carbocycles. The average molecular weight is 280 g/mol. The van der Waals surface area contributed by atoms with Crippen LogP contribution in [0.2, 0.25) is 5.02 Å². The molecule has 0 amide bonds. The van der Waals surface area contributed by atoms with Crippen molar-refractivity contribution < 1.29 is 4.79 Å². The zero-order valence-corrected chi connectivity index (χ0v) is 11.9. The molecule has 1 aromatic carbocycles. The minimum Gasteiger partial charge on any atom is -0.399 e. The van der Waals surface area contributed by atoms with Gasteiger partial charge in [-0.05, 0) is 30.2 Å². The third kappa shape index (κ3) is 4.14. The summed E-state index contributed by atoms with van der Waals surface area (Å²) in [7, 11) is 0.387. The lowest BCUT2D eigenvalue weighted by molar-refractivity contribution is -0.104. The number of carbonyl (C=O) groups excluding carboxylic acids is 1. The van der Waals surface area contributed by atoms with E-state index in [1.165, 1.54) is 0 Å². The van der Waals surface area contributed by atoms with E-state index in [9.17, 15) is 4.79 Å².